The van der Waals surface area contributed by atoms with Crippen LogP contribution in [0.1, 0.15) is 15.9 Å². The van der Waals surface area contributed by atoms with Gasteiger partial charge in [-0.15, -0.1) is 5.10 Å². The van der Waals surface area contributed by atoms with Crippen LogP contribution >= 0.6 is 0 Å². The monoisotopic (exact) mass is 412 g/mol. The highest BCUT2D eigenvalue weighted by Gasteiger charge is 2.22. The highest BCUT2D eigenvalue weighted by molar-refractivity contribution is 6.01. The number of nitrogens with one attached hydrogen (secondary N) is 2. The summed E-state index contributed by atoms with van der Waals surface area (Å²) >= 11 is 0. The van der Waals surface area contributed by atoms with Crippen LogP contribution in [0.15, 0.2) is 91.3 Å². The molecule has 0 aliphatic carbocycles. The predicted molar refractivity (Wildman–Crippen MR) is 116 cm³/mol. The maximum Gasteiger partial charge on any atom is 0.251 e. The Bertz CT molecular complexity index is 1130. The predicted octanol–water partition coefficient (Wildman–Crippen LogP) is 2.64. The molecule has 0 spiro atoms. The molecule has 2 amide bonds. The van der Waals surface area contributed by atoms with Crippen molar-refractivity contribution in [2.24, 2.45) is 0 Å². The fraction of sp³-hybridized carbons (Fsp3) is 0.0870. The molecule has 0 saturated heterocycles. The van der Waals surface area contributed by atoms with E-state index in [-0.39, 0.29) is 11.8 Å². The summed E-state index contributed by atoms with van der Waals surface area (Å²) in [6, 6.07) is 24.8. The van der Waals surface area contributed by atoms with E-state index in [9.17, 15) is 9.59 Å². The van der Waals surface area contributed by atoms with E-state index < -0.39 is 6.04 Å². The van der Waals surface area contributed by atoms with Crippen LogP contribution in [0.5, 0.6) is 0 Å². The summed E-state index contributed by atoms with van der Waals surface area (Å²) in [5.74, 6) is -0.603. The van der Waals surface area contributed by atoms with Crippen LogP contribution in [0.2, 0.25) is 0 Å². The van der Waals surface area contributed by atoms with E-state index in [0.29, 0.717) is 17.7 Å². The Labute approximate surface area is 178 Å². The topological polar surface area (TPSA) is 102 Å². The molecule has 0 saturated carbocycles. The van der Waals surface area contributed by atoms with Gasteiger partial charge in [0, 0.05) is 17.7 Å². The summed E-state index contributed by atoms with van der Waals surface area (Å²) in [5, 5.41) is 16.8. The second-order valence-corrected chi connectivity index (χ2v) is 6.87. The molecule has 8 heteroatoms. The Kier molecular flexibility index (Phi) is 6.08. The number of aromatic nitrogens is 4. The summed E-state index contributed by atoms with van der Waals surface area (Å²) < 4.78 is 1.52. The molecule has 0 bridgehead atoms. The van der Waals surface area contributed by atoms with Gasteiger partial charge in [-0.3, -0.25) is 9.59 Å². The Hall–Kier alpha value is -4.33. The summed E-state index contributed by atoms with van der Waals surface area (Å²) in [6.07, 6.45) is 1.86. The number of amides is 2. The van der Waals surface area contributed by atoms with Gasteiger partial charge in [-0.05, 0) is 52.4 Å². The van der Waals surface area contributed by atoms with E-state index in [1.54, 1.807) is 48.5 Å². The Balaban J connectivity index is 1.49. The molecule has 3 aromatic carbocycles. The molecule has 1 heterocycles. The Morgan fingerprint density at radius 3 is 2.19 bits per heavy atom. The van der Waals surface area contributed by atoms with E-state index in [0.717, 1.165) is 11.3 Å². The quantitative estimate of drug-likeness (QED) is 0.486. The first-order chi connectivity index (χ1) is 15.2. The van der Waals surface area contributed by atoms with Crippen molar-refractivity contribution in [1.29, 1.82) is 0 Å². The van der Waals surface area contributed by atoms with E-state index in [2.05, 4.69) is 26.2 Å². The third-order valence-electron chi connectivity index (χ3n) is 4.69. The molecule has 31 heavy (non-hydrogen) atoms. The number of tetrazole rings is 1. The minimum Gasteiger partial charge on any atom is -0.340 e. The van der Waals surface area contributed by atoms with Gasteiger partial charge in [-0.1, -0.05) is 48.5 Å². The second kappa shape index (κ2) is 9.45. The maximum absolute atomic E-state index is 13.0. The van der Waals surface area contributed by atoms with Gasteiger partial charge in [0.15, 0.2) is 0 Å². The average Bonchev–Trinajstić information content (AvgIpc) is 3.35. The van der Waals surface area contributed by atoms with Gasteiger partial charge in [-0.25, -0.2) is 4.68 Å². The number of carbonyl (C=O) groups is 2. The number of benzene rings is 3. The van der Waals surface area contributed by atoms with Crippen molar-refractivity contribution in [3.8, 4) is 5.69 Å². The lowest BCUT2D eigenvalue weighted by Crippen LogP contribution is -2.45. The lowest BCUT2D eigenvalue weighted by molar-refractivity contribution is -0.118. The lowest BCUT2D eigenvalue weighted by Gasteiger charge is -2.19. The minimum absolute atomic E-state index is 0.300. The standard InChI is InChI=1S/C23H20N6O2/c30-22(18-9-5-2-6-10-18)26-21(15-17-7-3-1-4-8-17)23(31)25-19-11-13-20(14-12-19)29-16-24-27-28-29/h1-14,16,21H,15H2,(H,25,31)(H,26,30)/t21-/m1/s1. The number of anilines is 1. The van der Waals surface area contributed by atoms with Crippen molar-refractivity contribution in [2.75, 3.05) is 5.32 Å². The summed E-state index contributed by atoms with van der Waals surface area (Å²) in [4.78, 5) is 25.7. The van der Waals surface area contributed by atoms with Gasteiger partial charge in [-0.2, -0.15) is 0 Å². The number of rotatable bonds is 7. The molecule has 1 atom stereocenters. The van der Waals surface area contributed by atoms with Gasteiger partial charge < -0.3 is 10.6 Å². The molecule has 154 valence electrons. The molecule has 0 aliphatic rings. The molecule has 8 nitrogen and oxygen atoms in total. The van der Waals surface area contributed by atoms with Gasteiger partial charge >= 0.3 is 0 Å². The average molecular weight is 412 g/mol. The summed E-state index contributed by atoms with van der Waals surface area (Å²) in [7, 11) is 0. The van der Waals surface area contributed by atoms with E-state index in [1.165, 1.54) is 11.0 Å². The summed E-state index contributed by atoms with van der Waals surface area (Å²) in [6.45, 7) is 0. The van der Waals surface area contributed by atoms with E-state index in [1.807, 2.05) is 36.4 Å². The third-order valence-corrected chi connectivity index (χ3v) is 4.69. The Morgan fingerprint density at radius 1 is 0.871 bits per heavy atom. The minimum atomic E-state index is -0.741. The number of nitrogens with zero attached hydrogens (tertiary/aromatic N) is 4. The van der Waals surface area contributed by atoms with Gasteiger partial charge in [0.2, 0.25) is 5.91 Å². The molecule has 4 aromatic rings. The highest BCUT2D eigenvalue weighted by Crippen LogP contribution is 2.13. The molecule has 1 aromatic heterocycles. The van der Waals surface area contributed by atoms with Crippen molar-refractivity contribution in [3.63, 3.8) is 0 Å². The van der Waals surface area contributed by atoms with E-state index in [4.69, 9.17) is 0 Å². The van der Waals surface area contributed by atoms with Crippen LogP contribution < -0.4 is 10.6 Å². The summed E-state index contributed by atoms with van der Waals surface area (Å²) in [5.41, 5.74) is 2.82. The molecule has 0 fully saturated rings. The first-order valence-corrected chi connectivity index (χ1v) is 9.73. The van der Waals surface area contributed by atoms with Crippen LogP contribution in [0.4, 0.5) is 5.69 Å². The van der Waals surface area contributed by atoms with Gasteiger partial charge in [0.05, 0.1) is 5.69 Å². The van der Waals surface area contributed by atoms with Crippen molar-refractivity contribution in [2.45, 2.75) is 12.5 Å². The number of hydrogen-bond donors (Lipinski definition) is 2. The first kappa shape index (κ1) is 20.0. The van der Waals surface area contributed by atoms with Crippen LogP contribution in [0.3, 0.4) is 0 Å². The molecule has 2 N–H and O–H groups in total. The highest BCUT2D eigenvalue weighted by atomic mass is 16.2. The van der Waals surface area contributed by atoms with Crippen molar-refractivity contribution in [1.82, 2.24) is 25.5 Å². The maximum atomic E-state index is 13.0. The SMILES string of the molecule is O=C(N[C@H](Cc1ccccc1)C(=O)Nc1ccc(-n2cnnn2)cc1)c1ccccc1. The molecule has 4 rings (SSSR count). The molecular formula is C23H20N6O2. The van der Waals surface area contributed by atoms with Crippen molar-refractivity contribution >= 4 is 17.5 Å². The zero-order chi connectivity index (χ0) is 21.5. The Morgan fingerprint density at radius 2 is 1.55 bits per heavy atom. The molecular weight excluding hydrogens is 392 g/mol. The van der Waals surface area contributed by atoms with Crippen LogP contribution in [0.25, 0.3) is 5.69 Å². The van der Waals surface area contributed by atoms with Crippen LogP contribution in [-0.4, -0.2) is 38.1 Å². The zero-order valence-corrected chi connectivity index (χ0v) is 16.6. The number of hydrogen-bond acceptors (Lipinski definition) is 5. The molecule has 0 radical (unpaired) electrons. The lowest BCUT2D eigenvalue weighted by atomic mass is 10.0. The third kappa shape index (κ3) is 5.18. The number of carbonyl (C=O) groups excluding carboxylic acids is 2. The molecule has 0 unspecified atom stereocenters. The second-order valence-electron chi connectivity index (χ2n) is 6.87. The van der Waals surface area contributed by atoms with Crippen LogP contribution in [0, 0.1) is 0 Å². The normalized spacial score (nSPS) is 11.5. The molecule has 0 aliphatic heterocycles. The van der Waals surface area contributed by atoms with Crippen LogP contribution in [-0.2, 0) is 11.2 Å². The zero-order valence-electron chi connectivity index (χ0n) is 16.6. The van der Waals surface area contributed by atoms with Gasteiger partial charge in [0.1, 0.15) is 12.4 Å². The van der Waals surface area contributed by atoms with Gasteiger partial charge in [0.25, 0.3) is 5.91 Å². The smallest absolute Gasteiger partial charge is 0.251 e. The largest absolute Gasteiger partial charge is 0.340 e. The van der Waals surface area contributed by atoms with E-state index >= 15 is 0 Å². The fourth-order valence-electron chi connectivity index (χ4n) is 3.10. The fourth-order valence-corrected chi connectivity index (χ4v) is 3.10. The van der Waals surface area contributed by atoms with Crippen molar-refractivity contribution in [3.05, 3.63) is 102 Å². The van der Waals surface area contributed by atoms with Crippen molar-refractivity contribution < 1.29 is 9.59 Å². The first-order valence-electron chi connectivity index (χ1n) is 9.73.